The van der Waals surface area contributed by atoms with Crippen LogP contribution in [0, 0.1) is 5.92 Å². The highest BCUT2D eigenvalue weighted by molar-refractivity contribution is 5.82. The van der Waals surface area contributed by atoms with Gasteiger partial charge in [0.1, 0.15) is 0 Å². The summed E-state index contributed by atoms with van der Waals surface area (Å²) in [6.07, 6.45) is 1.11. The van der Waals surface area contributed by atoms with Crippen LogP contribution < -0.4 is 5.73 Å². The molecule has 1 aliphatic carbocycles. The molecule has 0 bridgehead atoms. The van der Waals surface area contributed by atoms with Gasteiger partial charge in [-0.05, 0) is 24.5 Å². The summed E-state index contributed by atoms with van der Waals surface area (Å²) in [5, 5.41) is 0. The second kappa shape index (κ2) is 6.29. The lowest BCUT2D eigenvalue weighted by molar-refractivity contribution is -0.138. The van der Waals surface area contributed by atoms with Crippen molar-refractivity contribution >= 4 is 5.84 Å². The second-order valence-corrected chi connectivity index (χ2v) is 5.23. The topological polar surface area (TPSA) is 38.4 Å². The first-order valence-corrected chi connectivity index (χ1v) is 6.93. The molecule has 1 saturated carbocycles. The van der Waals surface area contributed by atoms with Crippen LogP contribution in [0.3, 0.4) is 0 Å². The molecule has 0 amide bonds. The number of hydrogen-bond acceptors (Lipinski definition) is 1. The summed E-state index contributed by atoms with van der Waals surface area (Å²) in [6, 6.07) is 5.53. The molecule has 20 heavy (non-hydrogen) atoms. The molecule has 1 aliphatic rings. The molecule has 0 aromatic heterocycles. The van der Waals surface area contributed by atoms with Crippen LogP contribution >= 0.6 is 0 Å². The minimum absolute atomic E-state index is 0.00197. The summed E-state index contributed by atoms with van der Waals surface area (Å²) >= 11 is 0. The highest BCUT2D eigenvalue weighted by Gasteiger charge is 2.32. The predicted molar refractivity (Wildman–Crippen MR) is 73.3 cm³/mol. The Kier molecular flexibility index (Phi) is 4.68. The van der Waals surface area contributed by atoms with E-state index in [1.54, 1.807) is 6.07 Å². The Hall–Kier alpha value is -1.52. The van der Waals surface area contributed by atoms with Crippen LogP contribution in [0.4, 0.5) is 13.2 Å². The van der Waals surface area contributed by atoms with E-state index >= 15 is 0 Å². The molecule has 2 nitrogen and oxygen atoms in total. The van der Waals surface area contributed by atoms with Crippen LogP contribution in [0.15, 0.2) is 29.3 Å². The van der Waals surface area contributed by atoms with Gasteiger partial charge in [-0.25, -0.2) is 0 Å². The Morgan fingerprint density at radius 2 is 1.80 bits per heavy atom. The third kappa shape index (κ3) is 3.74. The van der Waals surface area contributed by atoms with Crippen LogP contribution in [-0.4, -0.2) is 5.84 Å². The van der Waals surface area contributed by atoms with Gasteiger partial charge in [-0.3, -0.25) is 4.99 Å². The fraction of sp³-hybridized carbons (Fsp3) is 0.533. The van der Waals surface area contributed by atoms with E-state index in [1.165, 1.54) is 18.6 Å². The van der Waals surface area contributed by atoms with E-state index in [-0.39, 0.29) is 18.0 Å². The van der Waals surface area contributed by atoms with Gasteiger partial charge < -0.3 is 5.73 Å². The molecule has 0 unspecified atom stereocenters. The Morgan fingerprint density at radius 1 is 1.15 bits per heavy atom. The summed E-state index contributed by atoms with van der Waals surface area (Å²) in [5.41, 5.74) is 5.48. The average Bonchev–Trinajstić information content (AvgIpc) is 2.45. The van der Waals surface area contributed by atoms with Crippen molar-refractivity contribution in [1.82, 2.24) is 0 Å². The van der Waals surface area contributed by atoms with Gasteiger partial charge in [0, 0.05) is 5.92 Å². The van der Waals surface area contributed by atoms with Crippen molar-refractivity contribution in [2.45, 2.75) is 44.8 Å². The highest BCUT2D eigenvalue weighted by atomic mass is 19.4. The van der Waals surface area contributed by atoms with E-state index in [1.807, 2.05) is 0 Å². The number of amidine groups is 1. The zero-order valence-corrected chi connectivity index (χ0v) is 11.3. The average molecular weight is 284 g/mol. The van der Waals surface area contributed by atoms with Crippen molar-refractivity contribution in [2.75, 3.05) is 0 Å². The van der Waals surface area contributed by atoms with Crippen molar-refractivity contribution in [1.29, 1.82) is 0 Å². The maximum absolute atomic E-state index is 12.8. The smallest absolute Gasteiger partial charge is 0.387 e. The third-order valence-corrected chi connectivity index (χ3v) is 3.78. The normalized spacial score (nSPS) is 18.2. The van der Waals surface area contributed by atoms with Gasteiger partial charge in [0.05, 0.1) is 17.9 Å². The first kappa shape index (κ1) is 14.9. The van der Waals surface area contributed by atoms with Gasteiger partial charge in [-0.2, -0.15) is 13.2 Å². The van der Waals surface area contributed by atoms with E-state index in [2.05, 4.69) is 4.99 Å². The van der Waals surface area contributed by atoms with Gasteiger partial charge in [-0.1, -0.05) is 37.5 Å². The van der Waals surface area contributed by atoms with Crippen molar-refractivity contribution in [3.05, 3.63) is 35.4 Å². The molecule has 1 aromatic carbocycles. The number of aliphatic imine (C=N–C) groups is 1. The molecule has 0 aliphatic heterocycles. The monoisotopic (exact) mass is 284 g/mol. The quantitative estimate of drug-likeness (QED) is 0.657. The van der Waals surface area contributed by atoms with Crippen molar-refractivity contribution in [3.8, 4) is 0 Å². The molecule has 2 N–H and O–H groups in total. The molecular weight excluding hydrogens is 265 g/mol. The summed E-state index contributed by atoms with van der Waals surface area (Å²) in [7, 11) is 0. The van der Waals surface area contributed by atoms with E-state index in [4.69, 9.17) is 5.73 Å². The number of halogens is 3. The van der Waals surface area contributed by atoms with Crippen molar-refractivity contribution in [2.24, 2.45) is 16.6 Å². The fourth-order valence-electron chi connectivity index (χ4n) is 2.64. The summed E-state index contributed by atoms with van der Waals surface area (Å²) in [5.74, 6) is 0.739. The van der Waals surface area contributed by atoms with Gasteiger partial charge in [-0.15, -0.1) is 0 Å². The van der Waals surface area contributed by atoms with Crippen LogP contribution in [-0.2, 0) is 12.7 Å². The molecular formula is C15H19F3N2. The predicted octanol–water partition coefficient (Wildman–Crippen LogP) is 4.14. The van der Waals surface area contributed by atoms with E-state index in [0.717, 1.165) is 31.7 Å². The number of nitrogens with zero attached hydrogens (tertiary/aromatic N) is 1. The van der Waals surface area contributed by atoms with E-state index in [9.17, 15) is 13.2 Å². The molecule has 110 valence electrons. The molecule has 1 aromatic rings. The number of hydrogen-bond donors (Lipinski definition) is 1. The molecule has 2 rings (SSSR count). The van der Waals surface area contributed by atoms with Gasteiger partial charge in [0.25, 0.3) is 0 Å². The Morgan fingerprint density at radius 3 is 2.45 bits per heavy atom. The SMILES string of the molecule is NC(=NCc1ccccc1C(F)(F)F)C1CCCCC1. The molecule has 0 radical (unpaired) electrons. The number of benzene rings is 1. The minimum atomic E-state index is -4.34. The zero-order valence-electron chi connectivity index (χ0n) is 11.3. The molecule has 0 spiro atoms. The largest absolute Gasteiger partial charge is 0.416 e. The minimum Gasteiger partial charge on any atom is -0.387 e. The third-order valence-electron chi connectivity index (χ3n) is 3.78. The standard InChI is InChI=1S/C15H19F3N2/c16-15(17,18)13-9-5-4-8-12(13)10-20-14(19)11-6-2-1-3-7-11/h4-5,8-9,11H,1-3,6-7,10H2,(H2,19,20). The van der Waals surface area contributed by atoms with Gasteiger partial charge >= 0.3 is 6.18 Å². The van der Waals surface area contributed by atoms with Crippen LogP contribution in [0.1, 0.15) is 43.2 Å². The zero-order chi connectivity index (χ0) is 14.6. The molecule has 5 heteroatoms. The first-order valence-electron chi connectivity index (χ1n) is 6.93. The maximum atomic E-state index is 12.8. The van der Waals surface area contributed by atoms with Crippen LogP contribution in [0.25, 0.3) is 0 Å². The lowest BCUT2D eigenvalue weighted by Crippen LogP contribution is -2.26. The van der Waals surface area contributed by atoms with Crippen LogP contribution in [0.2, 0.25) is 0 Å². The Bertz CT molecular complexity index is 474. The van der Waals surface area contributed by atoms with Crippen molar-refractivity contribution in [3.63, 3.8) is 0 Å². The maximum Gasteiger partial charge on any atom is 0.416 e. The Balaban J connectivity index is 2.10. The fourth-order valence-corrected chi connectivity index (χ4v) is 2.64. The molecule has 0 saturated heterocycles. The van der Waals surface area contributed by atoms with Gasteiger partial charge in [0.15, 0.2) is 0 Å². The van der Waals surface area contributed by atoms with Crippen molar-refractivity contribution < 1.29 is 13.2 Å². The molecule has 0 atom stereocenters. The number of rotatable bonds is 3. The summed E-state index contributed by atoms with van der Waals surface area (Å²) in [6.45, 7) is -0.00197. The Labute approximate surface area is 116 Å². The first-order chi connectivity index (χ1) is 9.48. The number of alkyl halides is 3. The lowest BCUT2D eigenvalue weighted by Gasteiger charge is -2.21. The summed E-state index contributed by atoms with van der Waals surface area (Å²) < 4.78 is 38.5. The lowest BCUT2D eigenvalue weighted by atomic mass is 9.88. The molecule has 0 heterocycles. The van der Waals surface area contributed by atoms with Crippen LogP contribution in [0.5, 0.6) is 0 Å². The van der Waals surface area contributed by atoms with Gasteiger partial charge in [0.2, 0.25) is 0 Å². The molecule has 1 fully saturated rings. The van der Waals surface area contributed by atoms with E-state index in [0.29, 0.717) is 5.84 Å². The second-order valence-electron chi connectivity index (χ2n) is 5.23. The highest BCUT2D eigenvalue weighted by Crippen LogP contribution is 2.32. The van der Waals surface area contributed by atoms with E-state index < -0.39 is 11.7 Å². The number of nitrogens with two attached hydrogens (primary N) is 1. The summed E-state index contributed by atoms with van der Waals surface area (Å²) in [4.78, 5) is 4.19.